The molecule has 2 saturated heterocycles. The van der Waals surface area contributed by atoms with Crippen molar-refractivity contribution < 1.29 is 18.7 Å². The molecule has 0 spiro atoms. The third-order valence-electron chi connectivity index (χ3n) is 7.72. The lowest BCUT2D eigenvalue weighted by Crippen LogP contribution is -2.48. The van der Waals surface area contributed by atoms with Gasteiger partial charge in [0.25, 0.3) is 0 Å². The molecule has 1 aromatic heterocycles. The normalized spacial score (nSPS) is 21.2. The predicted molar refractivity (Wildman–Crippen MR) is 151 cm³/mol. The van der Waals surface area contributed by atoms with Gasteiger partial charge in [-0.3, -0.25) is 14.5 Å². The van der Waals surface area contributed by atoms with Crippen molar-refractivity contribution >= 4 is 17.5 Å². The Hall–Kier alpha value is -3.46. The van der Waals surface area contributed by atoms with Crippen LogP contribution in [0.25, 0.3) is 11.3 Å². The second-order valence-electron chi connectivity index (χ2n) is 10.9. The minimum atomic E-state index is -0.0621. The summed E-state index contributed by atoms with van der Waals surface area (Å²) in [5.41, 5.74) is 6.52. The third-order valence-corrected chi connectivity index (χ3v) is 7.72. The van der Waals surface area contributed by atoms with Crippen LogP contribution in [0.15, 0.2) is 57.7 Å². The van der Waals surface area contributed by atoms with Gasteiger partial charge in [-0.25, -0.2) is 0 Å². The maximum atomic E-state index is 12.8. The Labute approximate surface area is 228 Å². The number of anilines is 2. The summed E-state index contributed by atoms with van der Waals surface area (Å²) in [5, 5.41) is 3.09. The number of carbonyl (C=O) groups excluding carboxylic acids is 1. The van der Waals surface area contributed by atoms with Crippen molar-refractivity contribution in [2.75, 3.05) is 56.2 Å². The Morgan fingerprint density at radius 3 is 2.54 bits per heavy atom. The fraction of sp³-hybridized carbons (Fsp3) is 0.419. The Kier molecular flexibility index (Phi) is 7.25. The fourth-order valence-corrected chi connectivity index (χ4v) is 6.03. The first-order chi connectivity index (χ1) is 18.9. The summed E-state index contributed by atoms with van der Waals surface area (Å²) in [7, 11) is 0. The molecule has 0 radical (unpaired) electrons. The lowest BCUT2D eigenvalue weighted by molar-refractivity contribution is -0.121. The van der Waals surface area contributed by atoms with E-state index in [0.29, 0.717) is 44.5 Å². The van der Waals surface area contributed by atoms with Crippen LogP contribution in [-0.2, 0) is 27.1 Å². The van der Waals surface area contributed by atoms with Crippen molar-refractivity contribution in [1.82, 2.24) is 4.90 Å². The topological polar surface area (TPSA) is 84.3 Å². The SMILES string of the molecule is C[C@@H]1CN(CC(=O)Nc2ccc3c(c2)Cc2cccc(-c4cc(=O)cc(N5CCOCC5)o4)c2C3)C[C@H](C)O1. The smallest absolute Gasteiger partial charge is 0.238 e. The quantitative estimate of drug-likeness (QED) is 0.422. The van der Waals surface area contributed by atoms with Gasteiger partial charge in [0.15, 0.2) is 11.3 Å². The van der Waals surface area contributed by atoms with Gasteiger partial charge in [-0.05, 0) is 61.1 Å². The average Bonchev–Trinajstić information content (AvgIpc) is 2.91. The van der Waals surface area contributed by atoms with Crippen LogP contribution in [-0.4, -0.2) is 69.0 Å². The van der Waals surface area contributed by atoms with Crippen molar-refractivity contribution in [3.8, 4) is 11.3 Å². The first-order valence-electron chi connectivity index (χ1n) is 13.8. The third kappa shape index (κ3) is 5.78. The molecule has 3 aromatic rings. The number of hydrogen-bond donors (Lipinski definition) is 1. The molecule has 2 fully saturated rings. The van der Waals surface area contributed by atoms with E-state index in [4.69, 9.17) is 13.9 Å². The van der Waals surface area contributed by atoms with Crippen LogP contribution >= 0.6 is 0 Å². The largest absolute Gasteiger partial charge is 0.440 e. The van der Waals surface area contributed by atoms with E-state index in [0.717, 1.165) is 37.2 Å². The van der Waals surface area contributed by atoms with Gasteiger partial charge in [0.2, 0.25) is 5.91 Å². The van der Waals surface area contributed by atoms with Crippen molar-refractivity contribution in [3.63, 3.8) is 0 Å². The maximum absolute atomic E-state index is 12.8. The van der Waals surface area contributed by atoms with Crippen LogP contribution in [0.4, 0.5) is 11.6 Å². The van der Waals surface area contributed by atoms with E-state index in [2.05, 4.69) is 33.3 Å². The average molecular weight is 530 g/mol. The number of benzene rings is 2. The van der Waals surface area contributed by atoms with Crippen molar-refractivity contribution in [2.24, 2.45) is 0 Å². The highest BCUT2D eigenvalue weighted by molar-refractivity contribution is 5.92. The van der Waals surface area contributed by atoms with E-state index in [1.54, 1.807) is 12.1 Å². The Balaban J connectivity index is 1.20. The highest BCUT2D eigenvalue weighted by Gasteiger charge is 2.25. The second kappa shape index (κ2) is 11.0. The molecule has 0 bridgehead atoms. The molecule has 3 aliphatic rings. The van der Waals surface area contributed by atoms with E-state index in [1.165, 1.54) is 22.3 Å². The van der Waals surface area contributed by atoms with Crippen LogP contribution < -0.4 is 15.6 Å². The standard InChI is InChI=1S/C31H35N3O5/c1-20-17-33(18-21(2)38-20)19-30(36)32-25-7-6-22-14-28-23(12-24(22)13-25)4-3-5-27(28)29-15-26(35)16-31(39-29)34-8-10-37-11-9-34/h3-7,13,15-16,20-21H,8-12,14,17-19H2,1-2H3,(H,32,36)/t20-,21+. The molecule has 0 unspecified atom stereocenters. The summed E-state index contributed by atoms with van der Waals surface area (Å²) >= 11 is 0. The fourth-order valence-electron chi connectivity index (χ4n) is 6.03. The lowest BCUT2D eigenvalue weighted by Gasteiger charge is -2.34. The van der Waals surface area contributed by atoms with E-state index >= 15 is 0 Å². The van der Waals surface area contributed by atoms with Crippen molar-refractivity contribution in [2.45, 2.75) is 38.9 Å². The molecule has 39 heavy (non-hydrogen) atoms. The summed E-state index contributed by atoms with van der Waals surface area (Å²) < 4.78 is 17.5. The van der Waals surface area contributed by atoms with E-state index in [1.807, 2.05) is 32.0 Å². The maximum Gasteiger partial charge on any atom is 0.238 e. The summed E-state index contributed by atoms with van der Waals surface area (Å²) in [5.74, 6) is 1.18. The van der Waals surface area contributed by atoms with Crippen molar-refractivity contribution in [3.05, 3.63) is 81.0 Å². The molecular formula is C31H35N3O5. The highest BCUT2D eigenvalue weighted by atomic mass is 16.5. The molecule has 2 aliphatic heterocycles. The number of hydrogen-bond acceptors (Lipinski definition) is 7. The van der Waals surface area contributed by atoms with Gasteiger partial charge in [-0.15, -0.1) is 0 Å². The molecule has 2 aromatic carbocycles. The Morgan fingerprint density at radius 2 is 1.74 bits per heavy atom. The van der Waals surface area contributed by atoms with Crippen LogP contribution in [0.1, 0.15) is 36.1 Å². The first kappa shape index (κ1) is 25.8. The van der Waals surface area contributed by atoms with Crippen LogP contribution in [0.2, 0.25) is 0 Å². The molecule has 3 heterocycles. The number of nitrogens with zero attached hydrogens (tertiary/aromatic N) is 2. The second-order valence-corrected chi connectivity index (χ2v) is 10.9. The highest BCUT2D eigenvalue weighted by Crippen LogP contribution is 2.36. The van der Waals surface area contributed by atoms with Crippen LogP contribution in [0.3, 0.4) is 0 Å². The molecule has 8 heteroatoms. The molecule has 1 N–H and O–H groups in total. The zero-order valence-corrected chi connectivity index (χ0v) is 22.6. The van der Waals surface area contributed by atoms with Gasteiger partial charge in [-0.2, -0.15) is 0 Å². The van der Waals surface area contributed by atoms with Gasteiger partial charge in [-0.1, -0.05) is 24.3 Å². The molecule has 204 valence electrons. The van der Waals surface area contributed by atoms with E-state index < -0.39 is 0 Å². The summed E-state index contributed by atoms with van der Waals surface area (Å²) in [6, 6.07) is 15.5. The van der Waals surface area contributed by atoms with Crippen LogP contribution in [0.5, 0.6) is 0 Å². The number of ether oxygens (including phenoxy) is 2. The minimum Gasteiger partial charge on any atom is -0.440 e. The minimum absolute atomic E-state index is 0.00933. The van der Waals surface area contributed by atoms with Gasteiger partial charge in [0.1, 0.15) is 5.76 Å². The predicted octanol–water partition coefficient (Wildman–Crippen LogP) is 3.69. The molecule has 8 nitrogen and oxygen atoms in total. The van der Waals surface area contributed by atoms with Crippen LogP contribution in [0, 0.1) is 0 Å². The van der Waals surface area contributed by atoms with E-state index in [-0.39, 0.29) is 23.5 Å². The Bertz CT molecular complexity index is 1420. The van der Waals surface area contributed by atoms with Gasteiger partial charge in [0, 0.05) is 49.6 Å². The summed E-state index contributed by atoms with van der Waals surface area (Å²) in [4.78, 5) is 29.6. The zero-order valence-electron chi connectivity index (χ0n) is 22.6. The number of rotatable bonds is 5. The number of carbonyl (C=O) groups is 1. The van der Waals surface area contributed by atoms with E-state index in [9.17, 15) is 9.59 Å². The molecule has 0 saturated carbocycles. The molecule has 1 aliphatic carbocycles. The summed E-state index contributed by atoms with van der Waals surface area (Å²) in [6.45, 7) is 8.62. The lowest BCUT2D eigenvalue weighted by atomic mass is 9.83. The zero-order chi connectivity index (χ0) is 26.9. The number of amides is 1. The molecule has 2 atom stereocenters. The van der Waals surface area contributed by atoms with Crippen molar-refractivity contribution in [1.29, 1.82) is 0 Å². The molecular weight excluding hydrogens is 494 g/mol. The van der Waals surface area contributed by atoms with Gasteiger partial charge < -0.3 is 24.1 Å². The molecule has 6 rings (SSSR count). The Morgan fingerprint density at radius 1 is 0.949 bits per heavy atom. The summed E-state index contributed by atoms with van der Waals surface area (Å²) in [6.07, 6.45) is 1.76. The first-order valence-corrected chi connectivity index (χ1v) is 13.8. The van der Waals surface area contributed by atoms with Gasteiger partial charge >= 0.3 is 0 Å². The number of morpholine rings is 2. The number of fused-ring (bicyclic) bond motifs is 2. The number of nitrogens with one attached hydrogen (secondary N) is 1. The van der Waals surface area contributed by atoms with Gasteiger partial charge in [0.05, 0.1) is 32.0 Å². The molecule has 1 amide bonds. The monoisotopic (exact) mass is 529 g/mol.